The average Bonchev–Trinajstić information content (AvgIpc) is 3.53. The normalized spacial score (nSPS) is 15.6. The second kappa shape index (κ2) is 10.4. The van der Waals surface area contributed by atoms with E-state index in [0.29, 0.717) is 13.1 Å². The molecular weight excluding hydrogens is 497 g/mol. The number of nitrogens with zero attached hydrogens (tertiary/aromatic N) is 1. The van der Waals surface area contributed by atoms with Gasteiger partial charge in [0.25, 0.3) is 0 Å². The van der Waals surface area contributed by atoms with Crippen LogP contribution >= 0.6 is 0 Å². The molecule has 0 saturated carbocycles. The summed E-state index contributed by atoms with van der Waals surface area (Å²) in [6, 6.07) is 18.0. The highest BCUT2D eigenvalue weighted by Gasteiger charge is 2.36. The van der Waals surface area contributed by atoms with E-state index in [9.17, 15) is 27.9 Å². The monoisotopic (exact) mass is 524 g/mol. The van der Waals surface area contributed by atoms with Gasteiger partial charge in [0.05, 0.1) is 5.56 Å². The number of hydrogen-bond acceptors (Lipinski definition) is 4. The van der Waals surface area contributed by atoms with E-state index in [1.807, 2.05) is 48.5 Å². The van der Waals surface area contributed by atoms with Crippen LogP contribution < -0.4 is 10.2 Å². The molecule has 1 heterocycles. The summed E-state index contributed by atoms with van der Waals surface area (Å²) in [6.07, 6.45) is -4.20. The molecule has 9 heteroatoms. The van der Waals surface area contributed by atoms with Crippen LogP contribution in [0.2, 0.25) is 0 Å². The Morgan fingerprint density at radius 3 is 2.16 bits per heavy atom. The van der Waals surface area contributed by atoms with E-state index < -0.39 is 29.8 Å². The summed E-state index contributed by atoms with van der Waals surface area (Å²) in [5.74, 6) is -1.57. The van der Waals surface area contributed by atoms with Crippen LogP contribution in [-0.2, 0) is 22.1 Å². The number of carboxylic acids is 1. The lowest BCUT2D eigenvalue weighted by Gasteiger charge is -2.24. The van der Waals surface area contributed by atoms with Crippen molar-refractivity contribution in [2.75, 3.05) is 24.6 Å². The number of hydrogen-bond donors (Lipinski definition) is 2. The van der Waals surface area contributed by atoms with Crippen LogP contribution in [0.4, 0.5) is 23.7 Å². The fourth-order valence-electron chi connectivity index (χ4n) is 5.39. The lowest BCUT2D eigenvalue weighted by molar-refractivity contribution is -0.139. The Kier molecular flexibility index (Phi) is 7.01. The predicted octanol–water partition coefficient (Wildman–Crippen LogP) is 5.84. The van der Waals surface area contributed by atoms with Gasteiger partial charge in [-0.25, -0.2) is 9.59 Å². The Morgan fingerprint density at radius 2 is 1.58 bits per heavy atom. The Morgan fingerprint density at radius 1 is 0.974 bits per heavy atom. The molecular formula is C29H27F3N2O4. The van der Waals surface area contributed by atoms with Crippen LogP contribution in [0.15, 0.2) is 66.7 Å². The highest BCUT2D eigenvalue weighted by atomic mass is 19.4. The summed E-state index contributed by atoms with van der Waals surface area (Å²) in [4.78, 5) is 26.2. The molecule has 5 rings (SSSR count). The number of ether oxygens (including phenoxy) is 1. The standard InChI is InChI=1S/C29H27F3N2O4/c30-29(31,32)24-15-18(11-12-26(24)34-13-5-6-14-34)16-25(27(35)36)33-28(37)38-17-23-21-9-3-1-7-19(21)20-8-2-4-10-22(20)23/h1-4,7-12,15,23,25H,5-6,13-14,16-17H2,(H,33,37)(H,35,36). The molecule has 6 nitrogen and oxygen atoms in total. The fourth-order valence-corrected chi connectivity index (χ4v) is 5.39. The fraction of sp³-hybridized carbons (Fsp3) is 0.310. The minimum absolute atomic E-state index is 0.00501. The largest absolute Gasteiger partial charge is 0.480 e. The first-order valence-electron chi connectivity index (χ1n) is 12.5. The summed E-state index contributed by atoms with van der Waals surface area (Å²) >= 11 is 0. The van der Waals surface area contributed by atoms with Gasteiger partial charge in [0.1, 0.15) is 12.6 Å². The van der Waals surface area contributed by atoms with Crippen molar-refractivity contribution in [1.82, 2.24) is 5.32 Å². The van der Waals surface area contributed by atoms with Gasteiger partial charge in [0.2, 0.25) is 0 Å². The number of alkyl halides is 3. The first-order valence-corrected chi connectivity index (χ1v) is 12.5. The van der Waals surface area contributed by atoms with Gasteiger partial charge in [0.15, 0.2) is 0 Å². The van der Waals surface area contributed by atoms with Crippen molar-refractivity contribution in [1.29, 1.82) is 0 Å². The summed E-state index contributed by atoms with van der Waals surface area (Å²) < 4.78 is 46.9. The molecule has 198 valence electrons. The number of carbonyl (C=O) groups is 2. The van der Waals surface area contributed by atoms with Crippen LogP contribution in [0.1, 0.15) is 41.0 Å². The molecule has 1 aliphatic heterocycles. The summed E-state index contributed by atoms with van der Waals surface area (Å²) in [5.41, 5.74) is 3.57. The number of halogens is 3. The molecule has 2 N–H and O–H groups in total. The van der Waals surface area contributed by atoms with Crippen molar-refractivity contribution in [3.8, 4) is 11.1 Å². The van der Waals surface area contributed by atoms with Crippen molar-refractivity contribution in [3.63, 3.8) is 0 Å². The Labute approximate surface area is 218 Å². The van der Waals surface area contributed by atoms with Gasteiger partial charge in [0, 0.05) is 31.1 Å². The van der Waals surface area contributed by atoms with Crippen LogP contribution in [0.25, 0.3) is 11.1 Å². The maximum atomic E-state index is 13.8. The van der Waals surface area contributed by atoms with Crippen LogP contribution in [0.5, 0.6) is 0 Å². The zero-order valence-electron chi connectivity index (χ0n) is 20.5. The third-order valence-corrected chi connectivity index (χ3v) is 7.19. The second-order valence-electron chi connectivity index (χ2n) is 9.61. The van der Waals surface area contributed by atoms with Crippen molar-refractivity contribution < 1.29 is 32.6 Å². The van der Waals surface area contributed by atoms with Crippen LogP contribution in [-0.4, -0.2) is 42.9 Å². The van der Waals surface area contributed by atoms with Crippen molar-refractivity contribution in [3.05, 3.63) is 89.0 Å². The van der Waals surface area contributed by atoms with Gasteiger partial charge in [-0.3, -0.25) is 0 Å². The molecule has 0 aromatic heterocycles. The molecule has 0 radical (unpaired) electrons. The summed E-state index contributed by atoms with van der Waals surface area (Å²) in [7, 11) is 0. The molecule has 1 fully saturated rings. The maximum absolute atomic E-state index is 13.8. The summed E-state index contributed by atoms with van der Waals surface area (Å²) in [5, 5.41) is 12.0. The quantitative estimate of drug-likeness (QED) is 0.406. The third-order valence-electron chi connectivity index (χ3n) is 7.19. The molecule has 1 saturated heterocycles. The Hall–Kier alpha value is -4.01. The number of nitrogens with one attached hydrogen (secondary N) is 1. The number of anilines is 1. The van der Waals surface area contributed by atoms with Crippen molar-refractivity contribution in [2.45, 2.75) is 37.4 Å². The Bertz CT molecular complexity index is 1310. The molecule has 1 atom stereocenters. The molecule has 38 heavy (non-hydrogen) atoms. The number of amides is 1. The van der Waals surface area contributed by atoms with E-state index >= 15 is 0 Å². The minimum atomic E-state index is -4.59. The van der Waals surface area contributed by atoms with Gasteiger partial charge in [-0.2, -0.15) is 13.2 Å². The highest BCUT2D eigenvalue weighted by molar-refractivity contribution is 5.81. The highest BCUT2D eigenvalue weighted by Crippen LogP contribution is 2.44. The van der Waals surface area contributed by atoms with Gasteiger partial charge >= 0.3 is 18.2 Å². The topological polar surface area (TPSA) is 78.9 Å². The molecule has 3 aromatic rings. The van der Waals surface area contributed by atoms with Gasteiger partial charge in [-0.05, 0) is 52.8 Å². The number of aliphatic carboxylic acids is 1. The maximum Gasteiger partial charge on any atom is 0.418 e. The number of alkyl carbamates (subject to hydrolysis) is 1. The van der Waals surface area contributed by atoms with E-state index in [4.69, 9.17) is 4.74 Å². The number of fused-ring (bicyclic) bond motifs is 3. The number of carbonyl (C=O) groups excluding carboxylic acids is 1. The SMILES string of the molecule is O=C(NC(Cc1ccc(N2CCCC2)c(C(F)(F)F)c1)C(=O)O)OCC1c2ccccc2-c2ccccc21. The summed E-state index contributed by atoms with van der Waals surface area (Å²) in [6.45, 7) is 1.09. The first-order chi connectivity index (χ1) is 18.2. The first kappa shape index (κ1) is 25.6. The molecule has 1 unspecified atom stereocenters. The smallest absolute Gasteiger partial charge is 0.418 e. The zero-order chi connectivity index (χ0) is 26.9. The van der Waals surface area contributed by atoms with Gasteiger partial charge in [-0.1, -0.05) is 54.6 Å². The molecule has 2 aliphatic rings. The van der Waals surface area contributed by atoms with Crippen LogP contribution in [0, 0.1) is 0 Å². The lowest BCUT2D eigenvalue weighted by Crippen LogP contribution is -2.43. The van der Waals surface area contributed by atoms with Crippen molar-refractivity contribution >= 4 is 17.7 Å². The third kappa shape index (κ3) is 5.18. The molecule has 0 bridgehead atoms. The minimum Gasteiger partial charge on any atom is -0.480 e. The molecule has 1 amide bonds. The number of benzene rings is 3. The van der Waals surface area contributed by atoms with E-state index in [2.05, 4.69) is 5.32 Å². The number of rotatable bonds is 7. The van der Waals surface area contributed by atoms with E-state index in [1.165, 1.54) is 12.1 Å². The van der Waals surface area contributed by atoms with Gasteiger partial charge in [-0.15, -0.1) is 0 Å². The lowest BCUT2D eigenvalue weighted by atomic mass is 9.98. The van der Waals surface area contributed by atoms with E-state index in [1.54, 1.807) is 4.90 Å². The van der Waals surface area contributed by atoms with E-state index in [0.717, 1.165) is 41.2 Å². The average molecular weight is 525 g/mol. The van der Waals surface area contributed by atoms with Gasteiger partial charge < -0.3 is 20.1 Å². The zero-order valence-corrected chi connectivity index (χ0v) is 20.5. The molecule has 3 aromatic carbocycles. The molecule has 1 aliphatic carbocycles. The van der Waals surface area contributed by atoms with Crippen LogP contribution in [0.3, 0.4) is 0 Å². The predicted molar refractivity (Wildman–Crippen MR) is 136 cm³/mol. The van der Waals surface area contributed by atoms with E-state index in [-0.39, 0.29) is 30.2 Å². The second-order valence-corrected chi connectivity index (χ2v) is 9.61. The number of carboxylic acid groups (broad SMARTS) is 1. The molecule has 0 spiro atoms. The van der Waals surface area contributed by atoms with Crippen molar-refractivity contribution in [2.24, 2.45) is 0 Å². The Balaban J connectivity index is 1.28.